The van der Waals surface area contributed by atoms with Gasteiger partial charge in [0.2, 0.25) is 23.6 Å². The van der Waals surface area contributed by atoms with E-state index in [0.717, 1.165) is 25.5 Å². The van der Waals surface area contributed by atoms with Gasteiger partial charge in [-0.3, -0.25) is 24.0 Å². The fourth-order valence-electron chi connectivity index (χ4n) is 6.31. The van der Waals surface area contributed by atoms with Crippen LogP contribution in [0.4, 0.5) is 0 Å². The molecule has 4 N–H and O–H groups in total. The summed E-state index contributed by atoms with van der Waals surface area (Å²) in [4.78, 5) is 73.8. The average molecular weight is 769 g/mol. The normalized spacial score (nSPS) is 14.5. The number of rotatable bonds is 37. The third-order valence-corrected chi connectivity index (χ3v) is 9.44. The fourth-order valence-corrected chi connectivity index (χ4v) is 6.31. The first-order chi connectivity index (χ1) is 26.3. The molecule has 14 nitrogen and oxygen atoms in total. The predicted molar refractivity (Wildman–Crippen MR) is 207 cm³/mol. The highest BCUT2D eigenvalue weighted by molar-refractivity contribution is 5.92. The first-order valence-electron chi connectivity index (χ1n) is 20.8. The lowest BCUT2D eigenvalue weighted by Gasteiger charge is -2.26. The second-order valence-corrected chi connectivity index (χ2v) is 14.1. The Bertz CT molecular complexity index is 1030. The number of carboxylic acid groups (broad SMARTS) is 1. The largest absolute Gasteiger partial charge is 0.481 e. The molecule has 1 aliphatic rings. The van der Waals surface area contributed by atoms with Crippen molar-refractivity contribution in [2.45, 2.75) is 160 Å². The zero-order valence-electron chi connectivity index (χ0n) is 33.2. The third kappa shape index (κ3) is 26.6. The summed E-state index contributed by atoms with van der Waals surface area (Å²) < 4.78 is 16.5. The van der Waals surface area contributed by atoms with E-state index in [4.69, 9.17) is 14.2 Å². The van der Waals surface area contributed by atoms with Crippen molar-refractivity contribution >= 4 is 35.9 Å². The molecule has 4 amide bonds. The highest BCUT2D eigenvalue weighted by atomic mass is 16.5. The number of carbonyl (C=O) groups excluding carboxylic acids is 5. The molecule has 2 atom stereocenters. The smallest absolute Gasteiger partial charge is 0.303 e. The molecule has 1 heterocycles. The summed E-state index contributed by atoms with van der Waals surface area (Å²) in [5.41, 5.74) is 0. The van der Waals surface area contributed by atoms with Gasteiger partial charge >= 0.3 is 5.97 Å². The lowest BCUT2D eigenvalue weighted by molar-refractivity contribution is -0.140. The first-order valence-corrected chi connectivity index (χ1v) is 20.8. The topological polar surface area (TPSA) is 190 Å². The Hall–Kier alpha value is -3.10. The van der Waals surface area contributed by atoms with E-state index in [1.165, 1.54) is 64.2 Å². The number of carboxylic acids is 1. The molecule has 14 heteroatoms. The Kier molecular flexibility index (Phi) is 31.2. The Balaban J connectivity index is 2.21. The highest BCUT2D eigenvalue weighted by Crippen LogP contribution is 2.20. The fraction of sp³-hybridized carbons (Fsp3) is 0.850. The quantitative estimate of drug-likeness (QED) is 0.0502. The van der Waals surface area contributed by atoms with Gasteiger partial charge in [0, 0.05) is 58.5 Å². The molecule has 312 valence electrons. The van der Waals surface area contributed by atoms with Crippen LogP contribution in [-0.2, 0) is 43.0 Å². The Morgan fingerprint density at radius 1 is 0.704 bits per heavy atom. The van der Waals surface area contributed by atoms with Crippen LogP contribution in [0.5, 0.6) is 0 Å². The number of hydrogen-bond acceptors (Lipinski definition) is 9. The zero-order chi connectivity index (χ0) is 39.5. The van der Waals surface area contributed by atoms with Crippen LogP contribution in [0.1, 0.15) is 148 Å². The lowest BCUT2D eigenvalue weighted by Crippen LogP contribution is -2.53. The molecule has 54 heavy (non-hydrogen) atoms. The monoisotopic (exact) mass is 769 g/mol. The van der Waals surface area contributed by atoms with Gasteiger partial charge in [-0.15, -0.1) is 0 Å². The SMILES string of the molecule is CCCCCCCCCCCCCCCC(=O)N1CCCC1C(=O)NC(CCC(=O)O)C(=O)NCCCOCCOCCOCCCNC(=O)CCC=O. The molecule has 0 spiro atoms. The van der Waals surface area contributed by atoms with E-state index < -0.39 is 29.9 Å². The van der Waals surface area contributed by atoms with Crippen LogP contribution >= 0.6 is 0 Å². The van der Waals surface area contributed by atoms with E-state index >= 15 is 0 Å². The maximum Gasteiger partial charge on any atom is 0.303 e. The predicted octanol–water partition coefficient (Wildman–Crippen LogP) is 4.85. The minimum absolute atomic E-state index is 0.0379. The second-order valence-electron chi connectivity index (χ2n) is 14.1. The number of nitrogens with one attached hydrogen (secondary N) is 3. The maximum absolute atomic E-state index is 13.3. The molecular weight excluding hydrogens is 696 g/mol. The number of likely N-dealkylation sites (tertiary alicyclic amines) is 1. The zero-order valence-corrected chi connectivity index (χ0v) is 33.2. The van der Waals surface area contributed by atoms with E-state index in [1.807, 2.05) is 0 Å². The molecule has 0 aromatic carbocycles. The number of aldehydes is 1. The number of ether oxygens (including phenoxy) is 3. The second kappa shape index (κ2) is 34.4. The first kappa shape index (κ1) is 48.9. The van der Waals surface area contributed by atoms with E-state index in [0.29, 0.717) is 84.8 Å². The van der Waals surface area contributed by atoms with Gasteiger partial charge in [-0.1, -0.05) is 84.0 Å². The lowest BCUT2D eigenvalue weighted by atomic mass is 10.0. The minimum atomic E-state index is -1.06. The molecule has 1 fully saturated rings. The molecular formula is C40H72N4O10. The number of aliphatic carboxylic acids is 1. The van der Waals surface area contributed by atoms with Gasteiger partial charge in [0.1, 0.15) is 18.4 Å². The van der Waals surface area contributed by atoms with Crippen molar-refractivity contribution in [3.05, 3.63) is 0 Å². The molecule has 0 aliphatic carbocycles. The average Bonchev–Trinajstić information content (AvgIpc) is 3.66. The van der Waals surface area contributed by atoms with Gasteiger partial charge in [-0.2, -0.15) is 0 Å². The summed E-state index contributed by atoms with van der Waals surface area (Å²) in [5, 5.41) is 17.4. The molecule has 1 aliphatic heterocycles. The molecule has 1 saturated heterocycles. The van der Waals surface area contributed by atoms with Crippen molar-refractivity contribution in [1.82, 2.24) is 20.9 Å². The van der Waals surface area contributed by atoms with Gasteiger partial charge in [-0.05, 0) is 38.5 Å². The molecule has 1 rings (SSSR count). The summed E-state index contributed by atoms with van der Waals surface area (Å²) >= 11 is 0. The van der Waals surface area contributed by atoms with Crippen LogP contribution < -0.4 is 16.0 Å². The number of carbonyl (C=O) groups is 6. The number of unbranched alkanes of at least 4 members (excludes halogenated alkanes) is 12. The molecule has 0 aromatic rings. The van der Waals surface area contributed by atoms with Crippen molar-refractivity contribution in [2.75, 3.05) is 59.3 Å². The number of hydrogen-bond donors (Lipinski definition) is 4. The molecule has 0 radical (unpaired) electrons. The van der Waals surface area contributed by atoms with Crippen LogP contribution in [0, 0.1) is 0 Å². The molecule has 0 bridgehead atoms. The van der Waals surface area contributed by atoms with E-state index in [1.54, 1.807) is 4.90 Å². The van der Waals surface area contributed by atoms with Crippen molar-refractivity contribution in [1.29, 1.82) is 0 Å². The van der Waals surface area contributed by atoms with Gasteiger partial charge in [-0.25, -0.2) is 0 Å². The van der Waals surface area contributed by atoms with Crippen LogP contribution in [0.3, 0.4) is 0 Å². The van der Waals surface area contributed by atoms with Crippen molar-refractivity contribution in [3.8, 4) is 0 Å². The van der Waals surface area contributed by atoms with Crippen LogP contribution in [0.15, 0.2) is 0 Å². The summed E-state index contributed by atoms with van der Waals surface area (Å²) in [5.74, 6) is -2.12. The van der Waals surface area contributed by atoms with E-state index in [-0.39, 0.29) is 44.0 Å². The Labute approximate surface area is 323 Å². The molecule has 0 saturated carbocycles. The van der Waals surface area contributed by atoms with Crippen LogP contribution in [0.25, 0.3) is 0 Å². The van der Waals surface area contributed by atoms with Crippen molar-refractivity contribution < 1.29 is 48.1 Å². The number of nitrogens with zero attached hydrogens (tertiary/aromatic N) is 1. The van der Waals surface area contributed by atoms with Crippen LogP contribution in [0.2, 0.25) is 0 Å². The maximum atomic E-state index is 13.3. The third-order valence-electron chi connectivity index (χ3n) is 9.44. The standard InChI is InChI=1S/C40H72N4O10/c1-2-3-4-5-6-7-8-9-10-11-12-13-14-21-37(47)44-26-15-19-35(44)40(51)43-34(22-23-38(48)49)39(50)42-25-18-29-53-31-33-54-32-30-52-28-17-24-41-36(46)20-16-27-45/h27,34-35H,2-26,28-33H2,1H3,(H,41,46)(H,42,50)(H,43,51)(H,48,49). The Morgan fingerprint density at radius 2 is 1.24 bits per heavy atom. The highest BCUT2D eigenvalue weighted by Gasteiger charge is 2.35. The minimum Gasteiger partial charge on any atom is -0.481 e. The van der Waals surface area contributed by atoms with E-state index in [9.17, 15) is 33.9 Å². The summed E-state index contributed by atoms with van der Waals surface area (Å²) in [6.45, 7) is 5.96. The van der Waals surface area contributed by atoms with Gasteiger partial charge in [0.25, 0.3) is 0 Å². The van der Waals surface area contributed by atoms with Crippen molar-refractivity contribution in [2.24, 2.45) is 0 Å². The summed E-state index contributed by atoms with van der Waals surface area (Å²) in [7, 11) is 0. The van der Waals surface area contributed by atoms with Crippen molar-refractivity contribution in [3.63, 3.8) is 0 Å². The van der Waals surface area contributed by atoms with Gasteiger partial charge < -0.3 is 45.0 Å². The Morgan fingerprint density at radius 3 is 1.80 bits per heavy atom. The van der Waals surface area contributed by atoms with E-state index in [2.05, 4.69) is 22.9 Å². The van der Waals surface area contributed by atoms with Gasteiger partial charge in [0.05, 0.1) is 26.4 Å². The molecule has 2 unspecified atom stereocenters. The summed E-state index contributed by atoms with van der Waals surface area (Å²) in [6.07, 6.45) is 19.6. The van der Waals surface area contributed by atoms with Crippen LogP contribution in [-0.4, -0.2) is 117 Å². The van der Waals surface area contributed by atoms with Gasteiger partial charge in [0.15, 0.2) is 0 Å². The summed E-state index contributed by atoms with van der Waals surface area (Å²) in [6, 6.07) is -1.67. The molecule has 0 aromatic heterocycles. The number of amides is 4.